The second-order valence-electron chi connectivity index (χ2n) is 17.2. The number of hydrogen-bond donors (Lipinski definition) is 2. The van der Waals surface area contributed by atoms with Crippen LogP contribution in [0.1, 0.15) is 201 Å². The van der Waals surface area contributed by atoms with Gasteiger partial charge in [-0.1, -0.05) is 143 Å². The molecule has 0 unspecified atom stereocenters. The van der Waals surface area contributed by atoms with Gasteiger partial charge in [-0.2, -0.15) is 0 Å². The van der Waals surface area contributed by atoms with Crippen molar-refractivity contribution in [3.63, 3.8) is 0 Å². The molecule has 1 fully saturated rings. The van der Waals surface area contributed by atoms with Crippen LogP contribution in [0.15, 0.2) is 9.59 Å². The molecule has 0 saturated carbocycles. The number of unbranched alkanes of at least 4 members (excludes halogenated alkanes) is 19. The average molecular weight is 817 g/mol. The molecule has 1 heterocycles. The zero-order valence-corrected chi connectivity index (χ0v) is 37.3. The lowest BCUT2D eigenvalue weighted by Gasteiger charge is -2.41. The molecule has 11 heteroatoms. The van der Waals surface area contributed by atoms with Crippen LogP contribution in [0.5, 0.6) is 0 Å². The Labute approximate surface area is 352 Å². The van der Waals surface area contributed by atoms with Crippen LogP contribution in [0.4, 0.5) is 11.4 Å². The molecular formula is C47H84N4O7. The quantitative estimate of drug-likeness (QED) is 0.0378. The summed E-state index contributed by atoms with van der Waals surface area (Å²) >= 11 is 0. The molecule has 0 radical (unpaired) electrons. The topological polar surface area (TPSA) is 148 Å². The van der Waals surface area contributed by atoms with Gasteiger partial charge in [0.05, 0.1) is 0 Å². The van der Waals surface area contributed by atoms with Gasteiger partial charge in [-0.05, 0) is 51.6 Å². The first-order valence-corrected chi connectivity index (χ1v) is 23.8. The third-order valence-electron chi connectivity index (χ3n) is 12.1. The predicted molar refractivity (Wildman–Crippen MR) is 238 cm³/mol. The van der Waals surface area contributed by atoms with Gasteiger partial charge >= 0.3 is 11.9 Å². The van der Waals surface area contributed by atoms with E-state index < -0.39 is 16.3 Å². The number of hydrogen-bond acceptors (Lipinski definition) is 10. The van der Waals surface area contributed by atoms with Gasteiger partial charge in [0.1, 0.15) is 24.6 Å². The molecule has 1 amide bonds. The molecule has 334 valence electrons. The van der Waals surface area contributed by atoms with Gasteiger partial charge in [-0.15, -0.1) is 0 Å². The maximum Gasteiger partial charge on any atom is 0.305 e. The summed E-state index contributed by atoms with van der Waals surface area (Å²) in [4.78, 5) is 66.7. The lowest BCUT2D eigenvalue weighted by Crippen LogP contribution is -2.48. The SMILES string of the molecule is CCCCCCCCCCCC(=O)OCC1(COC(=O)CCCCCCCCCCC)CCN(C(=O)CCN(CCCCCC)CCCNc2c(N)c(=O)c2=O)CC1. The number of carbonyl (C=O) groups excluding carboxylic acids is 3. The summed E-state index contributed by atoms with van der Waals surface area (Å²) in [6, 6.07) is 0. The molecule has 0 aromatic heterocycles. The van der Waals surface area contributed by atoms with Crippen LogP contribution in [0.2, 0.25) is 0 Å². The van der Waals surface area contributed by atoms with Crippen molar-refractivity contribution >= 4 is 29.2 Å². The zero-order chi connectivity index (χ0) is 42.3. The van der Waals surface area contributed by atoms with Crippen molar-refractivity contribution in [3.8, 4) is 0 Å². The van der Waals surface area contributed by atoms with E-state index in [9.17, 15) is 24.0 Å². The Bertz CT molecular complexity index is 1280. The van der Waals surface area contributed by atoms with Crippen molar-refractivity contribution in [3.05, 3.63) is 20.4 Å². The summed E-state index contributed by atoms with van der Waals surface area (Å²) in [7, 11) is 0. The summed E-state index contributed by atoms with van der Waals surface area (Å²) in [5.41, 5.74) is 4.22. The van der Waals surface area contributed by atoms with Crippen molar-refractivity contribution in [1.29, 1.82) is 0 Å². The van der Waals surface area contributed by atoms with Crippen LogP contribution in [-0.4, -0.2) is 80.1 Å². The molecule has 3 N–H and O–H groups in total. The fourth-order valence-corrected chi connectivity index (χ4v) is 7.94. The first kappa shape index (κ1) is 51.2. The van der Waals surface area contributed by atoms with Gasteiger partial charge in [-0.3, -0.25) is 24.0 Å². The summed E-state index contributed by atoms with van der Waals surface area (Å²) in [6.07, 6.45) is 29.1. The Hall–Kier alpha value is -2.95. The van der Waals surface area contributed by atoms with Gasteiger partial charge in [0.15, 0.2) is 0 Å². The highest BCUT2D eigenvalue weighted by atomic mass is 16.5. The number of piperidine rings is 1. The smallest absolute Gasteiger partial charge is 0.305 e. The number of amides is 1. The van der Waals surface area contributed by atoms with Crippen molar-refractivity contribution in [2.45, 2.75) is 201 Å². The Morgan fingerprint density at radius 1 is 0.586 bits per heavy atom. The largest absolute Gasteiger partial charge is 0.465 e. The van der Waals surface area contributed by atoms with Crippen LogP contribution in [0.25, 0.3) is 0 Å². The summed E-state index contributed by atoms with van der Waals surface area (Å²) in [5.74, 6) is -0.278. The Morgan fingerprint density at radius 3 is 1.48 bits per heavy atom. The highest BCUT2D eigenvalue weighted by Crippen LogP contribution is 2.33. The fraction of sp³-hybridized carbons (Fsp3) is 0.851. The maximum atomic E-state index is 13.5. The van der Waals surface area contributed by atoms with Gasteiger partial charge in [0.25, 0.3) is 10.9 Å². The molecule has 0 spiro atoms. The monoisotopic (exact) mass is 817 g/mol. The number of likely N-dealkylation sites (tertiary alicyclic amines) is 1. The molecule has 58 heavy (non-hydrogen) atoms. The number of anilines is 2. The van der Waals surface area contributed by atoms with E-state index in [4.69, 9.17) is 15.2 Å². The summed E-state index contributed by atoms with van der Waals surface area (Å²) in [5, 5.41) is 3.01. The second kappa shape index (κ2) is 31.9. The Balaban J connectivity index is 1.86. The minimum atomic E-state index is -0.621. The second-order valence-corrected chi connectivity index (χ2v) is 17.2. The highest BCUT2D eigenvalue weighted by molar-refractivity contribution is 5.76. The molecule has 0 bridgehead atoms. The van der Waals surface area contributed by atoms with Crippen molar-refractivity contribution in [2.24, 2.45) is 5.41 Å². The van der Waals surface area contributed by atoms with Crippen LogP contribution in [0.3, 0.4) is 0 Å². The van der Waals surface area contributed by atoms with E-state index >= 15 is 0 Å². The van der Waals surface area contributed by atoms with Gasteiger partial charge in [0, 0.05) is 50.9 Å². The van der Waals surface area contributed by atoms with E-state index in [1.165, 1.54) is 83.5 Å². The third-order valence-corrected chi connectivity index (χ3v) is 12.1. The highest BCUT2D eigenvalue weighted by Gasteiger charge is 2.38. The number of esters is 2. The number of rotatable bonds is 37. The summed E-state index contributed by atoms with van der Waals surface area (Å²) < 4.78 is 11.8. The first-order valence-electron chi connectivity index (χ1n) is 23.8. The molecule has 1 aromatic carbocycles. The average Bonchev–Trinajstić information content (AvgIpc) is 3.23. The van der Waals surface area contributed by atoms with Crippen molar-refractivity contribution in [2.75, 3.05) is 63.5 Å². The van der Waals surface area contributed by atoms with Crippen molar-refractivity contribution < 1.29 is 23.9 Å². The number of carbonyl (C=O) groups is 3. The van der Waals surface area contributed by atoms with E-state index in [0.29, 0.717) is 58.3 Å². The van der Waals surface area contributed by atoms with E-state index in [1.54, 1.807) is 0 Å². The van der Waals surface area contributed by atoms with Crippen LogP contribution < -0.4 is 21.9 Å². The molecule has 1 aliphatic heterocycles. The predicted octanol–water partition coefficient (Wildman–Crippen LogP) is 9.48. The minimum absolute atomic E-state index is 0.0112. The van der Waals surface area contributed by atoms with Crippen molar-refractivity contribution in [1.82, 2.24) is 9.80 Å². The van der Waals surface area contributed by atoms with E-state index in [2.05, 4.69) is 31.0 Å². The first-order chi connectivity index (χ1) is 28.2. The Kier molecular flexibility index (Phi) is 28.2. The third kappa shape index (κ3) is 21.9. The van der Waals surface area contributed by atoms with Gasteiger partial charge in [0.2, 0.25) is 5.91 Å². The minimum Gasteiger partial charge on any atom is -0.465 e. The normalized spacial score (nSPS) is 14.0. The molecule has 1 aliphatic rings. The number of ether oxygens (including phenoxy) is 2. The number of nitrogen functional groups attached to an aromatic ring is 1. The van der Waals surface area contributed by atoms with Crippen LogP contribution in [-0.2, 0) is 23.9 Å². The molecule has 0 atom stereocenters. The lowest BCUT2D eigenvalue weighted by molar-refractivity contribution is -0.158. The zero-order valence-electron chi connectivity index (χ0n) is 37.3. The summed E-state index contributed by atoms with van der Waals surface area (Å²) in [6.45, 7) is 11.0. The number of nitrogens with zero attached hydrogens (tertiary/aromatic N) is 2. The molecule has 1 aromatic rings. The number of nitrogens with one attached hydrogen (secondary N) is 1. The Morgan fingerprint density at radius 2 is 1.02 bits per heavy atom. The molecular weight excluding hydrogens is 733 g/mol. The van der Waals surface area contributed by atoms with E-state index in [-0.39, 0.29) is 42.4 Å². The molecule has 11 nitrogen and oxygen atoms in total. The van der Waals surface area contributed by atoms with Crippen LogP contribution in [0, 0.1) is 5.41 Å². The van der Waals surface area contributed by atoms with E-state index in [0.717, 1.165) is 77.3 Å². The van der Waals surface area contributed by atoms with Gasteiger partial charge < -0.3 is 30.3 Å². The van der Waals surface area contributed by atoms with E-state index in [1.807, 2.05) is 4.90 Å². The molecule has 1 saturated heterocycles. The number of nitrogens with two attached hydrogens (primary N) is 1. The molecule has 2 rings (SSSR count). The fourth-order valence-electron chi connectivity index (χ4n) is 7.94. The standard InChI is InChI=1S/C47H84N4O7/c1-4-7-10-13-15-17-19-21-23-27-41(53)57-38-47(39-58-42(54)28-24-22-20-18-16-14-11-8-5-2)30-36-51(37-31-47)40(52)29-35-50(33-25-12-9-6-3)34-26-32-49-44-43(48)45(55)46(44)56/h49H,4-39,48H2,1-3H3. The van der Waals surface area contributed by atoms with Gasteiger partial charge in [-0.25, -0.2) is 0 Å². The lowest BCUT2D eigenvalue weighted by atomic mass is 9.79. The molecule has 0 aliphatic carbocycles. The maximum absolute atomic E-state index is 13.5. The van der Waals surface area contributed by atoms with Crippen LogP contribution >= 0.6 is 0 Å².